The van der Waals surface area contributed by atoms with E-state index in [0.717, 1.165) is 12.5 Å². The maximum atomic E-state index is 6.27. The topological polar surface area (TPSA) is 35.2 Å². The van der Waals surface area contributed by atoms with Crippen LogP contribution in [0.15, 0.2) is 11.6 Å². The molecular formula is C14H25NO. The molecule has 0 aromatic carbocycles. The van der Waals surface area contributed by atoms with Crippen LogP contribution < -0.4 is 5.73 Å². The van der Waals surface area contributed by atoms with E-state index in [1.165, 1.54) is 50.5 Å². The molecule has 0 spiro atoms. The second kappa shape index (κ2) is 5.83. The van der Waals surface area contributed by atoms with Crippen molar-refractivity contribution in [3.05, 3.63) is 11.6 Å². The number of nitrogens with two attached hydrogens (primary N) is 1. The van der Waals surface area contributed by atoms with Crippen molar-refractivity contribution in [3.63, 3.8) is 0 Å². The minimum atomic E-state index is 0.327. The lowest BCUT2D eigenvalue weighted by atomic mass is 9.76. The van der Waals surface area contributed by atoms with Crippen molar-refractivity contribution >= 4 is 0 Å². The van der Waals surface area contributed by atoms with Crippen LogP contribution >= 0.6 is 0 Å². The van der Waals surface area contributed by atoms with E-state index in [9.17, 15) is 0 Å². The normalized spacial score (nSPS) is 31.8. The minimum absolute atomic E-state index is 0.327. The SMILES string of the molecule is CCOC1CC(CC(N)C2=CCCCC2)C1. The Morgan fingerprint density at radius 3 is 2.88 bits per heavy atom. The highest BCUT2D eigenvalue weighted by molar-refractivity contribution is 5.12. The summed E-state index contributed by atoms with van der Waals surface area (Å²) in [6.45, 7) is 2.93. The summed E-state index contributed by atoms with van der Waals surface area (Å²) in [5.41, 5.74) is 7.79. The zero-order chi connectivity index (χ0) is 11.4. The van der Waals surface area contributed by atoms with E-state index in [1.807, 2.05) is 0 Å². The molecule has 0 amide bonds. The maximum Gasteiger partial charge on any atom is 0.0580 e. The zero-order valence-electron chi connectivity index (χ0n) is 10.5. The average Bonchev–Trinajstić information content (AvgIpc) is 2.27. The first-order chi connectivity index (χ1) is 7.79. The number of hydrogen-bond acceptors (Lipinski definition) is 2. The Kier molecular flexibility index (Phi) is 4.42. The maximum absolute atomic E-state index is 6.27. The molecule has 1 unspecified atom stereocenters. The van der Waals surface area contributed by atoms with Crippen molar-refractivity contribution in [2.45, 2.75) is 64.0 Å². The summed E-state index contributed by atoms with van der Waals surface area (Å²) in [5, 5.41) is 0. The van der Waals surface area contributed by atoms with Crippen LogP contribution in [0.4, 0.5) is 0 Å². The van der Waals surface area contributed by atoms with Crippen LogP contribution in [0.3, 0.4) is 0 Å². The Balaban J connectivity index is 1.68. The molecule has 2 N–H and O–H groups in total. The highest BCUT2D eigenvalue weighted by Gasteiger charge is 2.31. The van der Waals surface area contributed by atoms with Gasteiger partial charge in [-0.25, -0.2) is 0 Å². The Hall–Kier alpha value is -0.340. The first-order valence-corrected chi connectivity index (χ1v) is 6.85. The van der Waals surface area contributed by atoms with E-state index in [0.29, 0.717) is 12.1 Å². The van der Waals surface area contributed by atoms with Crippen molar-refractivity contribution in [1.29, 1.82) is 0 Å². The van der Waals surface area contributed by atoms with Crippen LogP contribution in [0, 0.1) is 5.92 Å². The van der Waals surface area contributed by atoms with Gasteiger partial charge in [-0.05, 0) is 57.8 Å². The lowest BCUT2D eigenvalue weighted by molar-refractivity contribution is -0.0274. The molecule has 2 rings (SSSR count). The third-order valence-electron chi connectivity index (χ3n) is 3.98. The summed E-state index contributed by atoms with van der Waals surface area (Å²) in [5.74, 6) is 0.814. The fourth-order valence-electron chi connectivity index (χ4n) is 2.95. The molecule has 0 heterocycles. The monoisotopic (exact) mass is 223 g/mol. The standard InChI is InChI=1S/C14H25NO/c1-2-16-13-8-11(9-13)10-14(15)12-6-4-3-5-7-12/h6,11,13-14H,2-5,7-10,15H2,1H3. The van der Waals surface area contributed by atoms with Gasteiger partial charge in [0.05, 0.1) is 6.10 Å². The largest absolute Gasteiger partial charge is 0.378 e. The van der Waals surface area contributed by atoms with E-state index in [4.69, 9.17) is 10.5 Å². The Morgan fingerprint density at radius 1 is 1.44 bits per heavy atom. The summed E-state index contributed by atoms with van der Waals surface area (Å²) >= 11 is 0. The smallest absolute Gasteiger partial charge is 0.0580 e. The van der Waals surface area contributed by atoms with Crippen LogP contribution in [0.2, 0.25) is 0 Å². The molecule has 2 heteroatoms. The number of rotatable bonds is 5. The first-order valence-electron chi connectivity index (χ1n) is 6.85. The first kappa shape index (κ1) is 12.1. The Bertz CT molecular complexity index is 243. The van der Waals surface area contributed by atoms with Gasteiger partial charge >= 0.3 is 0 Å². The van der Waals surface area contributed by atoms with Crippen LogP contribution in [0.1, 0.15) is 51.9 Å². The Labute approximate surface area is 99.2 Å². The summed E-state index contributed by atoms with van der Waals surface area (Å²) < 4.78 is 5.58. The summed E-state index contributed by atoms with van der Waals surface area (Å²) in [7, 11) is 0. The third kappa shape index (κ3) is 3.08. The predicted octanol–water partition coefficient (Wildman–Crippen LogP) is 3.02. The van der Waals surface area contributed by atoms with E-state index >= 15 is 0 Å². The Morgan fingerprint density at radius 2 is 2.25 bits per heavy atom. The van der Waals surface area contributed by atoms with Crippen molar-refractivity contribution in [2.24, 2.45) is 11.7 Å². The molecule has 2 aliphatic carbocycles. The van der Waals surface area contributed by atoms with Crippen LogP contribution in [-0.2, 0) is 4.74 Å². The molecule has 0 aliphatic heterocycles. The van der Waals surface area contributed by atoms with Crippen LogP contribution in [0.5, 0.6) is 0 Å². The van der Waals surface area contributed by atoms with Gasteiger partial charge in [0.2, 0.25) is 0 Å². The van der Waals surface area contributed by atoms with Crippen LogP contribution in [-0.4, -0.2) is 18.8 Å². The lowest BCUT2D eigenvalue weighted by Gasteiger charge is -2.37. The molecule has 0 aromatic heterocycles. The third-order valence-corrected chi connectivity index (χ3v) is 3.98. The molecule has 2 aliphatic rings. The highest BCUT2D eigenvalue weighted by Crippen LogP contribution is 2.35. The zero-order valence-corrected chi connectivity index (χ0v) is 10.5. The van der Waals surface area contributed by atoms with Gasteiger partial charge in [0, 0.05) is 12.6 Å². The average molecular weight is 223 g/mol. The highest BCUT2D eigenvalue weighted by atomic mass is 16.5. The molecule has 0 bridgehead atoms. The molecule has 0 radical (unpaired) electrons. The van der Waals surface area contributed by atoms with E-state index in [-0.39, 0.29) is 0 Å². The molecule has 0 aromatic rings. The van der Waals surface area contributed by atoms with Gasteiger partial charge in [-0.1, -0.05) is 11.6 Å². The van der Waals surface area contributed by atoms with Gasteiger partial charge in [-0.15, -0.1) is 0 Å². The number of allylic oxidation sites excluding steroid dienone is 1. The van der Waals surface area contributed by atoms with Crippen LogP contribution in [0.25, 0.3) is 0 Å². The molecule has 16 heavy (non-hydrogen) atoms. The molecular weight excluding hydrogens is 198 g/mol. The van der Waals surface area contributed by atoms with Gasteiger partial charge in [0.15, 0.2) is 0 Å². The van der Waals surface area contributed by atoms with Crippen molar-refractivity contribution in [1.82, 2.24) is 0 Å². The van der Waals surface area contributed by atoms with Gasteiger partial charge in [0.25, 0.3) is 0 Å². The summed E-state index contributed by atoms with van der Waals surface area (Å²) in [6, 6.07) is 0.327. The second-order valence-corrected chi connectivity index (χ2v) is 5.28. The van der Waals surface area contributed by atoms with Gasteiger partial charge in [-0.2, -0.15) is 0 Å². The van der Waals surface area contributed by atoms with Gasteiger partial charge in [-0.3, -0.25) is 0 Å². The number of ether oxygens (including phenoxy) is 1. The van der Waals surface area contributed by atoms with Crippen molar-refractivity contribution < 1.29 is 4.74 Å². The van der Waals surface area contributed by atoms with Crippen molar-refractivity contribution in [2.75, 3.05) is 6.61 Å². The van der Waals surface area contributed by atoms with E-state index < -0.39 is 0 Å². The quantitative estimate of drug-likeness (QED) is 0.727. The molecule has 92 valence electrons. The fourth-order valence-corrected chi connectivity index (χ4v) is 2.95. The molecule has 2 nitrogen and oxygen atoms in total. The summed E-state index contributed by atoms with van der Waals surface area (Å²) in [6.07, 6.45) is 11.7. The minimum Gasteiger partial charge on any atom is -0.378 e. The molecule has 1 atom stereocenters. The molecule has 1 saturated carbocycles. The van der Waals surface area contributed by atoms with E-state index in [2.05, 4.69) is 13.0 Å². The molecule has 0 saturated heterocycles. The van der Waals surface area contributed by atoms with E-state index in [1.54, 1.807) is 0 Å². The second-order valence-electron chi connectivity index (χ2n) is 5.28. The number of hydrogen-bond donors (Lipinski definition) is 1. The summed E-state index contributed by atoms with van der Waals surface area (Å²) in [4.78, 5) is 0. The van der Waals surface area contributed by atoms with Crippen molar-refractivity contribution in [3.8, 4) is 0 Å². The predicted molar refractivity (Wildman–Crippen MR) is 67.3 cm³/mol. The van der Waals surface area contributed by atoms with Gasteiger partial charge in [0.1, 0.15) is 0 Å². The van der Waals surface area contributed by atoms with Gasteiger partial charge < -0.3 is 10.5 Å². The molecule has 1 fully saturated rings. The lowest BCUT2D eigenvalue weighted by Crippen LogP contribution is -2.36. The fraction of sp³-hybridized carbons (Fsp3) is 0.857.